The Balaban J connectivity index is 2.11. The van der Waals surface area contributed by atoms with Gasteiger partial charge in [-0.2, -0.15) is 5.10 Å². The van der Waals surface area contributed by atoms with Crippen LogP contribution in [0.3, 0.4) is 0 Å². The highest BCUT2D eigenvalue weighted by Gasteiger charge is 2.16. The van der Waals surface area contributed by atoms with Gasteiger partial charge in [0.15, 0.2) is 5.69 Å². The molecule has 0 aliphatic carbocycles. The van der Waals surface area contributed by atoms with Crippen LogP contribution in [0.1, 0.15) is 23.5 Å². The van der Waals surface area contributed by atoms with Gasteiger partial charge in [0.1, 0.15) is 11.9 Å². The second kappa shape index (κ2) is 5.30. The normalized spacial score (nSPS) is 11.8. The number of nitrogens with zero attached hydrogens (tertiary/aromatic N) is 3. The monoisotopic (exact) mass is 260 g/mol. The van der Waals surface area contributed by atoms with Crippen LogP contribution in [-0.2, 0) is 4.79 Å². The lowest BCUT2D eigenvalue weighted by Gasteiger charge is -2.12. The van der Waals surface area contributed by atoms with Crippen molar-refractivity contribution in [1.82, 2.24) is 14.8 Å². The molecule has 2 rings (SSSR count). The maximum absolute atomic E-state index is 11.9. The summed E-state index contributed by atoms with van der Waals surface area (Å²) >= 11 is 0. The lowest BCUT2D eigenvalue weighted by molar-refractivity contribution is -0.119. The Kier molecular flexibility index (Phi) is 3.56. The quantitative estimate of drug-likeness (QED) is 0.860. The van der Waals surface area contributed by atoms with Crippen molar-refractivity contribution in [2.75, 3.05) is 5.32 Å². The molecule has 0 aromatic carbocycles. The number of carbonyl (C=O) groups is 2. The third-order valence-corrected chi connectivity index (χ3v) is 2.52. The number of hydrogen-bond donors (Lipinski definition) is 2. The van der Waals surface area contributed by atoms with Crippen molar-refractivity contribution >= 4 is 17.7 Å². The topological polar surface area (TPSA) is 97.1 Å². The first kappa shape index (κ1) is 12.7. The minimum Gasteiger partial charge on any atom is -0.477 e. The van der Waals surface area contributed by atoms with E-state index in [1.165, 1.54) is 22.9 Å². The summed E-state index contributed by atoms with van der Waals surface area (Å²) in [6.45, 7) is 1.68. The van der Waals surface area contributed by atoms with E-state index in [0.29, 0.717) is 0 Å². The van der Waals surface area contributed by atoms with Crippen LogP contribution >= 0.6 is 0 Å². The van der Waals surface area contributed by atoms with Crippen molar-refractivity contribution in [1.29, 1.82) is 0 Å². The van der Waals surface area contributed by atoms with Crippen molar-refractivity contribution in [3.63, 3.8) is 0 Å². The van der Waals surface area contributed by atoms with Gasteiger partial charge in [0, 0.05) is 12.4 Å². The molecule has 0 saturated carbocycles. The Morgan fingerprint density at radius 2 is 2.16 bits per heavy atom. The Morgan fingerprint density at radius 1 is 1.37 bits per heavy atom. The molecule has 2 aromatic heterocycles. The molecule has 0 radical (unpaired) electrons. The number of aromatic nitrogens is 3. The van der Waals surface area contributed by atoms with Gasteiger partial charge in [-0.1, -0.05) is 6.07 Å². The molecule has 2 heterocycles. The first-order chi connectivity index (χ1) is 9.08. The van der Waals surface area contributed by atoms with Gasteiger partial charge in [0.2, 0.25) is 5.91 Å². The minimum absolute atomic E-state index is 0.121. The number of anilines is 1. The van der Waals surface area contributed by atoms with Crippen LogP contribution < -0.4 is 5.32 Å². The molecule has 0 fully saturated rings. The number of hydrogen-bond acceptors (Lipinski definition) is 4. The number of carboxylic acid groups (broad SMARTS) is 1. The molecule has 1 unspecified atom stereocenters. The first-order valence-electron chi connectivity index (χ1n) is 5.58. The molecule has 19 heavy (non-hydrogen) atoms. The highest BCUT2D eigenvalue weighted by molar-refractivity contribution is 5.93. The number of carboxylic acids is 1. The summed E-state index contributed by atoms with van der Waals surface area (Å²) in [5.41, 5.74) is -0.121. The molecule has 0 aliphatic heterocycles. The number of nitrogens with one attached hydrogen (secondary N) is 1. The van der Waals surface area contributed by atoms with Crippen molar-refractivity contribution in [2.45, 2.75) is 13.0 Å². The number of aromatic carboxylic acids is 1. The lowest BCUT2D eigenvalue weighted by atomic mass is 10.3. The van der Waals surface area contributed by atoms with Crippen LogP contribution in [-0.4, -0.2) is 31.7 Å². The predicted molar refractivity (Wildman–Crippen MR) is 66.8 cm³/mol. The van der Waals surface area contributed by atoms with E-state index in [0.717, 1.165) is 0 Å². The average molecular weight is 260 g/mol. The molecule has 0 spiro atoms. The van der Waals surface area contributed by atoms with Crippen molar-refractivity contribution in [2.24, 2.45) is 0 Å². The molecular weight excluding hydrogens is 248 g/mol. The first-order valence-corrected chi connectivity index (χ1v) is 5.58. The Bertz CT molecular complexity index is 595. The van der Waals surface area contributed by atoms with Gasteiger partial charge in [-0.3, -0.25) is 9.48 Å². The van der Waals surface area contributed by atoms with Gasteiger partial charge in [0.25, 0.3) is 0 Å². The van der Waals surface area contributed by atoms with Gasteiger partial charge >= 0.3 is 5.97 Å². The third-order valence-electron chi connectivity index (χ3n) is 2.52. The second-order valence-electron chi connectivity index (χ2n) is 3.86. The summed E-state index contributed by atoms with van der Waals surface area (Å²) < 4.78 is 1.50. The Labute approximate surface area is 108 Å². The van der Waals surface area contributed by atoms with Gasteiger partial charge in [-0.15, -0.1) is 0 Å². The van der Waals surface area contributed by atoms with Crippen molar-refractivity contribution < 1.29 is 14.7 Å². The number of carbonyl (C=O) groups excluding carboxylic acids is 1. The summed E-state index contributed by atoms with van der Waals surface area (Å²) in [5.74, 6) is -1.26. The fourth-order valence-corrected chi connectivity index (χ4v) is 1.48. The van der Waals surface area contributed by atoms with Crippen LogP contribution in [0.25, 0.3) is 0 Å². The molecule has 0 aliphatic rings. The minimum atomic E-state index is -1.14. The maximum Gasteiger partial charge on any atom is 0.354 e. The largest absolute Gasteiger partial charge is 0.477 e. The second-order valence-corrected chi connectivity index (χ2v) is 3.86. The predicted octanol–water partition coefficient (Wildman–Crippen LogP) is 1.18. The molecule has 7 nitrogen and oxygen atoms in total. The van der Waals surface area contributed by atoms with E-state index in [2.05, 4.69) is 15.4 Å². The summed E-state index contributed by atoms with van der Waals surface area (Å²) in [6, 6.07) is 5.61. The van der Waals surface area contributed by atoms with E-state index in [9.17, 15) is 9.59 Å². The van der Waals surface area contributed by atoms with E-state index in [1.807, 2.05) is 0 Å². The summed E-state index contributed by atoms with van der Waals surface area (Å²) in [5, 5.41) is 15.3. The smallest absolute Gasteiger partial charge is 0.354 e. The molecule has 0 bridgehead atoms. The molecule has 2 aromatic rings. The van der Waals surface area contributed by atoms with E-state index < -0.39 is 12.0 Å². The number of rotatable bonds is 4. The van der Waals surface area contributed by atoms with Crippen LogP contribution in [0.5, 0.6) is 0 Å². The molecule has 1 amide bonds. The SMILES string of the molecule is CC(C(=O)Nc1cccc(C(=O)O)n1)n1cccn1. The van der Waals surface area contributed by atoms with E-state index in [-0.39, 0.29) is 17.4 Å². The molecule has 7 heteroatoms. The van der Waals surface area contributed by atoms with Crippen LogP contribution in [0.4, 0.5) is 5.82 Å². The van der Waals surface area contributed by atoms with Crippen LogP contribution in [0.2, 0.25) is 0 Å². The van der Waals surface area contributed by atoms with Gasteiger partial charge < -0.3 is 10.4 Å². The fourth-order valence-electron chi connectivity index (χ4n) is 1.48. The zero-order valence-corrected chi connectivity index (χ0v) is 10.1. The number of pyridine rings is 1. The average Bonchev–Trinajstić information content (AvgIpc) is 2.92. The van der Waals surface area contributed by atoms with E-state index in [1.54, 1.807) is 25.4 Å². The maximum atomic E-state index is 11.9. The number of amides is 1. The molecule has 2 N–H and O–H groups in total. The van der Waals surface area contributed by atoms with Crippen LogP contribution in [0.15, 0.2) is 36.7 Å². The fraction of sp³-hybridized carbons (Fsp3) is 0.167. The zero-order chi connectivity index (χ0) is 13.8. The standard InChI is InChI=1S/C12H12N4O3/c1-8(16-7-3-6-13-16)11(17)15-10-5-2-4-9(14-10)12(18)19/h2-8H,1H3,(H,18,19)(H,14,15,17). The zero-order valence-electron chi connectivity index (χ0n) is 10.1. The summed E-state index contributed by atoms with van der Waals surface area (Å²) in [6.07, 6.45) is 3.25. The van der Waals surface area contributed by atoms with Gasteiger partial charge in [-0.25, -0.2) is 9.78 Å². The summed E-state index contributed by atoms with van der Waals surface area (Å²) in [7, 11) is 0. The highest BCUT2D eigenvalue weighted by Crippen LogP contribution is 2.10. The third kappa shape index (κ3) is 2.95. The van der Waals surface area contributed by atoms with E-state index in [4.69, 9.17) is 5.11 Å². The highest BCUT2D eigenvalue weighted by atomic mass is 16.4. The van der Waals surface area contributed by atoms with Crippen LogP contribution in [0, 0.1) is 0 Å². The molecular formula is C12H12N4O3. The molecule has 1 atom stereocenters. The molecule has 0 saturated heterocycles. The Hall–Kier alpha value is -2.70. The lowest BCUT2D eigenvalue weighted by Crippen LogP contribution is -2.24. The molecule has 98 valence electrons. The van der Waals surface area contributed by atoms with E-state index >= 15 is 0 Å². The summed E-state index contributed by atoms with van der Waals surface area (Å²) in [4.78, 5) is 26.5. The van der Waals surface area contributed by atoms with Gasteiger partial charge in [0.05, 0.1) is 0 Å². The van der Waals surface area contributed by atoms with Crippen molar-refractivity contribution in [3.05, 3.63) is 42.4 Å². The Morgan fingerprint density at radius 3 is 2.79 bits per heavy atom. The van der Waals surface area contributed by atoms with Gasteiger partial charge in [-0.05, 0) is 25.1 Å². The van der Waals surface area contributed by atoms with Crippen molar-refractivity contribution in [3.8, 4) is 0 Å².